The number of sulfonamides is 1. The number of amidine groups is 1. The van der Waals surface area contributed by atoms with Crippen molar-refractivity contribution in [1.29, 1.82) is 0 Å². The van der Waals surface area contributed by atoms with Crippen LogP contribution in [0.5, 0.6) is 0 Å². The Balaban J connectivity index is 1.65. The van der Waals surface area contributed by atoms with Crippen LogP contribution < -0.4 is 0 Å². The largest absolute Gasteiger partial charge is 0.457 e. The first-order chi connectivity index (χ1) is 11.3. The lowest BCUT2D eigenvalue weighted by Gasteiger charge is -2.26. The number of nitrogens with zero attached hydrogens (tertiary/aromatic N) is 3. The van der Waals surface area contributed by atoms with Crippen LogP contribution >= 0.6 is 11.3 Å². The van der Waals surface area contributed by atoms with E-state index in [0.29, 0.717) is 5.56 Å². The molecule has 0 N–H and O–H groups in total. The monoisotopic (exact) mass is 369 g/mol. The van der Waals surface area contributed by atoms with Crippen molar-refractivity contribution < 1.29 is 22.9 Å². The highest BCUT2D eigenvalue weighted by atomic mass is 32.2. The lowest BCUT2D eigenvalue weighted by molar-refractivity contribution is -0.380. The molecule has 0 fully saturated rings. The number of esters is 1. The van der Waals surface area contributed by atoms with E-state index in [4.69, 9.17) is 4.74 Å². The second-order valence-corrected chi connectivity index (χ2v) is 7.62. The molecule has 0 aromatic carbocycles. The Kier molecular flexibility index (Phi) is 4.20. The minimum Gasteiger partial charge on any atom is -0.457 e. The third kappa shape index (κ3) is 3.51. The normalized spacial score (nSPS) is 18.4. The van der Waals surface area contributed by atoms with E-state index in [2.05, 4.69) is 4.40 Å². The highest BCUT2D eigenvalue weighted by Crippen LogP contribution is 2.23. The van der Waals surface area contributed by atoms with Gasteiger partial charge >= 0.3 is 11.0 Å². The van der Waals surface area contributed by atoms with Gasteiger partial charge in [0.15, 0.2) is 0 Å². The van der Waals surface area contributed by atoms with Crippen LogP contribution in [-0.4, -0.2) is 42.3 Å². The maximum absolute atomic E-state index is 12.1. The summed E-state index contributed by atoms with van der Waals surface area (Å²) in [5, 5.41) is 12.1. The minimum absolute atomic E-state index is 0.0202. The molecule has 0 atom stereocenters. The van der Waals surface area contributed by atoms with Crippen molar-refractivity contribution in [2.75, 3.05) is 12.3 Å². The molecule has 2 aliphatic heterocycles. The predicted octanol–water partition coefficient (Wildman–Crippen LogP) is 1.20. The molecule has 0 unspecified atom stereocenters. The molecular formula is C13H11N3O6S2. The van der Waals surface area contributed by atoms with Crippen molar-refractivity contribution in [3.63, 3.8) is 0 Å². The van der Waals surface area contributed by atoms with Crippen LogP contribution in [0.15, 0.2) is 39.8 Å². The number of fused-ring (bicyclic) bond motifs is 1. The summed E-state index contributed by atoms with van der Waals surface area (Å²) < 4.78 is 31.6. The Morgan fingerprint density at radius 1 is 1.46 bits per heavy atom. The maximum Gasteiger partial charge on any atom is 0.339 e. The lowest BCUT2D eigenvalue weighted by Crippen LogP contribution is -2.37. The summed E-state index contributed by atoms with van der Waals surface area (Å²) in [5.41, 5.74) is 0.782. The van der Waals surface area contributed by atoms with Gasteiger partial charge in [-0.1, -0.05) is 11.3 Å². The second kappa shape index (κ2) is 6.17. The van der Waals surface area contributed by atoms with E-state index in [1.54, 1.807) is 10.3 Å². The molecule has 1 aromatic rings. The first-order valence-corrected chi connectivity index (χ1v) is 9.21. The van der Waals surface area contributed by atoms with Crippen LogP contribution in [0.2, 0.25) is 0 Å². The van der Waals surface area contributed by atoms with Gasteiger partial charge in [0.05, 0.1) is 16.2 Å². The number of carbonyl (C=O) groups excluding carboxylic acids is 1. The molecule has 9 nitrogen and oxygen atoms in total. The van der Waals surface area contributed by atoms with Crippen LogP contribution in [0.3, 0.4) is 0 Å². The van der Waals surface area contributed by atoms with Gasteiger partial charge in [0.25, 0.3) is 10.0 Å². The maximum atomic E-state index is 12.1. The standard InChI is InChI=1S/C13H11N3O6S2/c17-13(22-7-9-5-12(16(18)19)23-8-9)10-1-2-11-14-24(20,21)4-3-15(11)6-10/h1-2,5-6,8H,3-4,7H2. The molecule has 1 aromatic heterocycles. The molecule has 0 radical (unpaired) electrons. The molecule has 126 valence electrons. The van der Waals surface area contributed by atoms with Crippen LogP contribution in [0.4, 0.5) is 5.00 Å². The van der Waals surface area contributed by atoms with E-state index in [1.807, 2.05) is 0 Å². The summed E-state index contributed by atoms with van der Waals surface area (Å²) in [4.78, 5) is 23.7. The number of rotatable bonds is 4. The van der Waals surface area contributed by atoms with E-state index in [9.17, 15) is 23.3 Å². The van der Waals surface area contributed by atoms with E-state index in [-0.39, 0.29) is 35.3 Å². The molecule has 2 aliphatic rings. The summed E-state index contributed by atoms with van der Waals surface area (Å²) >= 11 is 0.960. The van der Waals surface area contributed by atoms with Crippen molar-refractivity contribution in [3.8, 4) is 0 Å². The van der Waals surface area contributed by atoms with Crippen LogP contribution in [0.1, 0.15) is 5.56 Å². The zero-order valence-corrected chi connectivity index (χ0v) is 13.7. The van der Waals surface area contributed by atoms with Gasteiger partial charge in [0.1, 0.15) is 12.4 Å². The van der Waals surface area contributed by atoms with Crippen molar-refractivity contribution >= 4 is 38.2 Å². The number of thiophene rings is 1. The third-order valence-corrected chi connectivity index (χ3v) is 5.34. The van der Waals surface area contributed by atoms with E-state index >= 15 is 0 Å². The zero-order chi connectivity index (χ0) is 17.3. The average molecular weight is 369 g/mol. The summed E-state index contributed by atoms with van der Waals surface area (Å²) in [5.74, 6) is -0.472. The Hall–Kier alpha value is -2.53. The highest BCUT2D eigenvalue weighted by Gasteiger charge is 2.25. The van der Waals surface area contributed by atoms with Crippen molar-refractivity contribution in [2.24, 2.45) is 4.40 Å². The second-order valence-electron chi connectivity index (χ2n) is 4.97. The summed E-state index contributed by atoms with van der Waals surface area (Å²) in [6, 6.07) is 1.35. The van der Waals surface area contributed by atoms with Gasteiger partial charge < -0.3 is 9.64 Å². The molecular weight excluding hydrogens is 358 g/mol. The summed E-state index contributed by atoms with van der Waals surface area (Å²) in [7, 11) is -3.45. The van der Waals surface area contributed by atoms with E-state index < -0.39 is 20.9 Å². The van der Waals surface area contributed by atoms with Gasteiger partial charge in [0, 0.05) is 29.8 Å². The predicted molar refractivity (Wildman–Crippen MR) is 85.9 cm³/mol. The molecule has 0 saturated heterocycles. The molecule has 11 heteroatoms. The molecule has 3 heterocycles. The lowest BCUT2D eigenvalue weighted by atomic mass is 10.2. The first-order valence-electron chi connectivity index (χ1n) is 6.72. The smallest absolute Gasteiger partial charge is 0.339 e. The Morgan fingerprint density at radius 2 is 2.25 bits per heavy atom. The summed E-state index contributed by atoms with van der Waals surface area (Å²) in [6.45, 7) is 0.128. The van der Waals surface area contributed by atoms with Crippen molar-refractivity contribution in [1.82, 2.24) is 4.90 Å². The van der Waals surface area contributed by atoms with Gasteiger partial charge in [0.2, 0.25) is 0 Å². The van der Waals surface area contributed by atoms with Crippen LogP contribution in [0.25, 0.3) is 0 Å². The van der Waals surface area contributed by atoms with E-state index in [1.165, 1.54) is 24.4 Å². The zero-order valence-electron chi connectivity index (χ0n) is 12.1. The first kappa shape index (κ1) is 16.3. The SMILES string of the molecule is O=C(OCc1csc([N+](=O)[O-])c1)C1=CN2CCS(=O)(=O)N=C2C=C1. The molecule has 0 bridgehead atoms. The van der Waals surface area contributed by atoms with E-state index in [0.717, 1.165) is 11.3 Å². The number of hydrogen-bond acceptors (Lipinski definition) is 8. The average Bonchev–Trinajstić information content (AvgIpc) is 3.00. The number of hydrogen-bond donors (Lipinski definition) is 0. The quantitative estimate of drug-likeness (QED) is 0.444. The van der Waals surface area contributed by atoms with Gasteiger partial charge in [-0.3, -0.25) is 10.1 Å². The van der Waals surface area contributed by atoms with Gasteiger partial charge in [-0.25, -0.2) is 13.2 Å². The van der Waals surface area contributed by atoms with Crippen LogP contribution in [-0.2, 0) is 26.2 Å². The molecule has 0 amide bonds. The Bertz CT molecular complexity index is 897. The molecule has 24 heavy (non-hydrogen) atoms. The number of carbonyl (C=O) groups is 1. The van der Waals surface area contributed by atoms with Crippen molar-refractivity contribution in [3.05, 3.63) is 51.0 Å². The molecule has 0 saturated carbocycles. The summed E-state index contributed by atoms with van der Waals surface area (Å²) in [6.07, 6.45) is 4.34. The number of nitro groups is 1. The topological polar surface area (TPSA) is 119 Å². The van der Waals surface area contributed by atoms with Gasteiger partial charge in [-0.05, 0) is 12.2 Å². The fraction of sp³-hybridized carbons (Fsp3) is 0.231. The van der Waals surface area contributed by atoms with Crippen molar-refractivity contribution in [2.45, 2.75) is 6.61 Å². The highest BCUT2D eigenvalue weighted by molar-refractivity contribution is 7.90. The minimum atomic E-state index is -3.45. The Morgan fingerprint density at radius 3 is 2.96 bits per heavy atom. The molecule has 0 spiro atoms. The Labute approximate surface area is 140 Å². The van der Waals surface area contributed by atoms with Gasteiger partial charge in [-0.2, -0.15) is 0 Å². The fourth-order valence-corrected chi connectivity index (χ4v) is 3.77. The van der Waals surface area contributed by atoms with Crippen LogP contribution in [0, 0.1) is 10.1 Å². The third-order valence-electron chi connectivity index (χ3n) is 3.25. The van der Waals surface area contributed by atoms with Gasteiger partial charge in [-0.15, -0.1) is 4.40 Å². The molecule has 0 aliphatic carbocycles. The number of ether oxygens (including phenoxy) is 1. The molecule has 3 rings (SSSR count). The fourth-order valence-electron chi connectivity index (χ4n) is 2.09.